The molecule has 0 aliphatic carbocycles. The monoisotopic (exact) mass is 482 g/mol. The number of fused-ring (bicyclic) bond motifs is 1. The summed E-state index contributed by atoms with van der Waals surface area (Å²) in [5.74, 6) is -0.645. The van der Waals surface area contributed by atoms with Gasteiger partial charge in [-0.1, -0.05) is 12.1 Å². The molecule has 1 radical (unpaired) electrons. The van der Waals surface area contributed by atoms with Gasteiger partial charge in [0, 0.05) is 59.4 Å². The van der Waals surface area contributed by atoms with Crippen LogP contribution in [0.15, 0.2) is 47.8 Å². The third-order valence-electron chi connectivity index (χ3n) is 5.48. The van der Waals surface area contributed by atoms with Gasteiger partial charge in [-0.3, -0.25) is 9.97 Å². The molecule has 4 heterocycles. The van der Waals surface area contributed by atoms with E-state index in [1.54, 1.807) is 18.3 Å². The molecule has 171 valence electrons. The van der Waals surface area contributed by atoms with E-state index in [-0.39, 0.29) is 35.3 Å². The van der Waals surface area contributed by atoms with Crippen molar-refractivity contribution in [3.63, 3.8) is 0 Å². The summed E-state index contributed by atoms with van der Waals surface area (Å²) in [4.78, 5) is 11.8. The molecular weight excluding hydrogens is 457 g/mol. The van der Waals surface area contributed by atoms with Crippen LogP contribution in [0.4, 0.5) is 0 Å². The van der Waals surface area contributed by atoms with E-state index < -0.39 is 22.8 Å². The number of aromatic amines is 1. The maximum absolute atomic E-state index is 12.7. The third kappa shape index (κ3) is 5.90. The third-order valence-corrected chi connectivity index (χ3v) is 6.67. The van der Waals surface area contributed by atoms with Crippen LogP contribution in [0.25, 0.3) is 11.0 Å². The van der Waals surface area contributed by atoms with Crippen LogP contribution in [0.5, 0.6) is 5.75 Å². The molecule has 33 heavy (non-hydrogen) atoms. The average Bonchev–Trinajstić information content (AvgIpc) is 3.44. The second-order valence-corrected chi connectivity index (χ2v) is 9.32. The summed E-state index contributed by atoms with van der Waals surface area (Å²) >= 11 is -1.34. The Kier molecular flexibility index (Phi) is 7.99. The van der Waals surface area contributed by atoms with E-state index in [0.717, 1.165) is 11.0 Å². The summed E-state index contributed by atoms with van der Waals surface area (Å²) in [6.45, 7) is 4.04. The summed E-state index contributed by atoms with van der Waals surface area (Å²) in [5, 5.41) is 0.437. The van der Waals surface area contributed by atoms with Gasteiger partial charge in [-0.2, -0.15) is 4.98 Å². The van der Waals surface area contributed by atoms with Gasteiger partial charge in [-0.15, -0.1) is 0 Å². The van der Waals surface area contributed by atoms with Crippen molar-refractivity contribution >= 4 is 51.8 Å². The molecule has 3 aromatic rings. The summed E-state index contributed by atoms with van der Waals surface area (Å²) in [6.07, 6.45) is 2.18. The first kappa shape index (κ1) is 24.9. The van der Waals surface area contributed by atoms with Gasteiger partial charge in [-0.25, -0.2) is 0 Å². The smallest absolute Gasteiger partial charge is 0.322 e. The van der Waals surface area contributed by atoms with Gasteiger partial charge in [-0.05, 0) is 25.1 Å². The summed E-state index contributed by atoms with van der Waals surface area (Å²) in [6, 6.07) is 11.2. The number of hydrogen-bond donors (Lipinski definition) is 1. The Morgan fingerprint density at radius 3 is 2.64 bits per heavy atom. The average molecular weight is 483 g/mol. The van der Waals surface area contributed by atoms with Crippen molar-refractivity contribution in [1.29, 1.82) is 0 Å². The van der Waals surface area contributed by atoms with E-state index in [1.807, 2.05) is 31.2 Å². The SMILES string of the molecule is CC1(CCOc2ccnc(C[S+]([O-])c3nc4ccccc4[nH]3)c2)OCC2(CO1)OCCO2.[Na]. The van der Waals surface area contributed by atoms with E-state index in [1.165, 1.54) is 0 Å². The van der Waals surface area contributed by atoms with E-state index >= 15 is 0 Å². The first-order valence-corrected chi connectivity index (χ1v) is 11.8. The second kappa shape index (κ2) is 10.6. The molecule has 1 unspecified atom stereocenters. The molecule has 2 aromatic heterocycles. The number of hydrogen-bond acceptors (Lipinski definition) is 8. The Labute approximate surface area is 217 Å². The molecule has 0 saturated carbocycles. The number of nitrogens with zero attached hydrogens (tertiary/aromatic N) is 2. The fraction of sp³-hybridized carbons (Fsp3) is 0.455. The van der Waals surface area contributed by atoms with Crippen molar-refractivity contribution in [3.8, 4) is 5.75 Å². The minimum Gasteiger partial charge on any atom is -0.609 e. The molecule has 2 saturated heterocycles. The molecule has 5 rings (SSSR count). The van der Waals surface area contributed by atoms with Crippen LogP contribution < -0.4 is 4.74 Å². The summed E-state index contributed by atoms with van der Waals surface area (Å²) in [5.41, 5.74) is 2.31. The molecule has 2 fully saturated rings. The Morgan fingerprint density at radius 2 is 1.88 bits per heavy atom. The number of nitrogens with one attached hydrogen (secondary N) is 1. The Morgan fingerprint density at radius 1 is 1.12 bits per heavy atom. The minimum absolute atomic E-state index is 0. The van der Waals surface area contributed by atoms with Crippen LogP contribution >= 0.6 is 0 Å². The molecule has 1 aromatic carbocycles. The van der Waals surface area contributed by atoms with Crippen molar-refractivity contribution in [3.05, 3.63) is 48.3 Å². The fourth-order valence-corrected chi connectivity index (χ4v) is 4.62. The number of aromatic nitrogens is 3. The molecule has 1 N–H and O–H groups in total. The van der Waals surface area contributed by atoms with Gasteiger partial charge in [0.05, 0.1) is 36.5 Å². The zero-order valence-electron chi connectivity index (χ0n) is 18.7. The summed E-state index contributed by atoms with van der Waals surface area (Å²) < 4.78 is 41.6. The van der Waals surface area contributed by atoms with E-state index in [2.05, 4.69) is 15.0 Å². The number of para-hydroxylation sites is 2. The van der Waals surface area contributed by atoms with Crippen LogP contribution in [0, 0.1) is 0 Å². The molecule has 2 aliphatic heterocycles. The predicted octanol–water partition coefficient (Wildman–Crippen LogP) is 2.16. The van der Waals surface area contributed by atoms with Gasteiger partial charge in [0.15, 0.2) is 11.5 Å². The molecule has 0 bridgehead atoms. The first-order valence-electron chi connectivity index (χ1n) is 10.5. The minimum atomic E-state index is -1.34. The van der Waals surface area contributed by atoms with Crippen molar-refractivity contribution in [2.24, 2.45) is 0 Å². The quantitative estimate of drug-likeness (QED) is 0.403. The largest absolute Gasteiger partial charge is 0.609 e. The van der Waals surface area contributed by atoms with E-state index in [9.17, 15) is 4.55 Å². The zero-order chi connectivity index (χ0) is 22.0. The fourth-order valence-electron chi connectivity index (χ4n) is 3.64. The van der Waals surface area contributed by atoms with E-state index in [0.29, 0.717) is 56.1 Å². The normalized spacial score (nSPS) is 19.9. The Balaban J connectivity index is 0.00000259. The van der Waals surface area contributed by atoms with Crippen LogP contribution in [0.3, 0.4) is 0 Å². The maximum atomic E-state index is 12.7. The van der Waals surface area contributed by atoms with Crippen molar-refractivity contribution < 1.29 is 28.2 Å². The van der Waals surface area contributed by atoms with Crippen molar-refractivity contribution in [2.75, 3.05) is 33.0 Å². The van der Waals surface area contributed by atoms with Gasteiger partial charge in [0.2, 0.25) is 5.79 Å². The van der Waals surface area contributed by atoms with E-state index in [4.69, 9.17) is 23.7 Å². The molecular formula is C22H25N3NaO6S. The number of imidazole rings is 1. The van der Waals surface area contributed by atoms with Crippen LogP contribution in [0.2, 0.25) is 0 Å². The molecule has 11 heteroatoms. The maximum Gasteiger partial charge on any atom is 0.322 e. The predicted molar refractivity (Wildman–Crippen MR) is 121 cm³/mol. The summed E-state index contributed by atoms with van der Waals surface area (Å²) in [7, 11) is 0. The number of H-pyrrole nitrogens is 1. The van der Waals surface area contributed by atoms with Crippen molar-refractivity contribution in [1.82, 2.24) is 15.0 Å². The number of rotatable bonds is 7. The molecule has 9 nitrogen and oxygen atoms in total. The van der Waals surface area contributed by atoms with Crippen molar-refractivity contribution in [2.45, 2.75) is 35.8 Å². The standard InChI is InChI=1S/C22H25N3O6S.Na/c1-21(30-14-22(15-31-21)28-10-11-29-22)7-9-27-17-6-8-23-16(12-17)13-32(26)20-24-18-4-2-3-5-19(18)25-20;/h2-6,8,12H,7,9-11,13-15H2,1H3,(H,24,25);. The van der Waals surface area contributed by atoms with Crippen LogP contribution in [-0.2, 0) is 35.9 Å². The van der Waals surface area contributed by atoms with Gasteiger partial charge < -0.3 is 28.2 Å². The van der Waals surface area contributed by atoms with Gasteiger partial charge in [0.25, 0.3) is 0 Å². The Hall–Kier alpha value is -1.21. The number of ether oxygens (including phenoxy) is 5. The number of benzene rings is 1. The molecule has 2 aliphatic rings. The topological polar surface area (TPSA) is 111 Å². The second-order valence-electron chi connectivity index (χ2n) is 7.95. The van der Waals surface area contributed by atoms with Crippen LogP contribution in [0.1, 0.15) is 19.0 Å². The molecule has 0 amide bonds. The Bertz CT molecular complexity index is 1030. The van der Waals surface area contributed by atoms with Gasteiger partial charge in [0.1, 0.15) is 19.0 Å². The first-order chi connectivity index (χ1) is 15.5. The zero-order valence-corrected chi connectivity index (χ0v) is 21.6. The molecule has 1 atom stereocenters. The number of pyridine rings is 1. The molecule has 1 spiro atoms. The van der Waals surface area contributed by atoms with Gasteiger partial charge >= 0.3 is 5.16 Å². The van der Waals surface area contributed by atoms with Crippen LogP contribution in [-0.4, -0.2) is 93.7 Å².